The second-order valence-electron chi connectivity index (χ2n) is 6.05. The molecule has 0 bridgehead atoms. The van der Waals surface area contributed by atoms with Crippen molar-refractivity contribution in [2.45, 2.75) is 46.1 Å². The van der Waals surface area contributed by atoms with E-state index in [9.17, 15) is 14.7 Å². The summed E-state index contributed by atoms with van der Waals surface area (Å²) in [5.74, 6) is -0.908. The fraction of sp³-hybridized carbons (Fsp3) is 0.600. The van der Waals surface area contributed by atoms with E-state index in [1.807, 2.05) is 24.4 Å². The third-order valence-electron chi connectivity index (χ3n) is 3.19. The quantitative estimate of drug-likeness (QED) is 0.845. The molecule has 118 valence electrons. The van der Waals surface area contributed by atoms with E-state index in [0.717, 1.165) is 4.88 Å². The maximum absolute atomic E-state index is 11.7. The molecule has 21 heavy (non-hydrogen) atoms. The van der Waals surface area contributed by atoms with Crippen molar-refractivity contribution in [1.82, 2.24) is 5.32 Å². The molecule has 1 amide bonds. The van der Waals surface area contributed by atoms with Crippen molar-refractivity contribution in [2.75, 3.05) is 6.54 Å². The average Bonchev–Trinajstić information content (AvgIpc) is 2.84. The second kappa shape index (κ2) is 6.93. The molecule has 0 fully saturated rings. The van der Waals surface area contributed by atoms with Crippen molar-refractivity contribution in [3.63, 3.8) is 0 Å². The van der Waals surface area contributed by atoms with E-state index in [0.29, 0.717) is 12.8 Å². The lowest BCUT2D eigenvalue weighted by Crippen LogP contribution is -2.45. The Morgan fingerprint density at radius 3 is 2.48 bits per heavy atom. The predicted molar refractivity (Wildman–Crippen MR) is 82.6 cm³/mol. The Labute approximate surface area is 129 Å². The van der Waals surface area contributed by atoms with Crippen molar-refractivity contribution in [2.24, 2.45) is 5.41 Å². The molecule has 5 nitrogen and oxygen atoms in total. The Bertz CT molecular complexity index is 478. The number of ether oxygens (including phenoxy) is 1. The third-order valence-corrected chi connectivity index (χ3v) is 4.07. The number of amides is 1. The maximum atomic E-state index is 11.7. The van der Waals surface area contributed by atoms with Crippen LogP contribution in [0.5, 0.6) is 0 Å². The fourth-order valence-electron chi connectivity index (χ4n) is 1.92. The van der Waals surface area contributed by atoms with Gasteiger partial charge in [0.1, 0.15) is 5.60 Å². The first-order valence-electron chi connectivity index (χ1n) is 6.91. The fourth-order valence-corrected chi connectivity index (χ4v) is 2.77. The molecule has 6 heteroatoms. The van der Waals surface area contributed by atoms with Gasteiger partial charge < -0.3 is 15.2 Å². The van der Waals surface area contributed by atoms with E-state index in [4.69, 9.17) is 4.74 Å². The largest absolute Gasteiger partial charge is 0.481 e. The number of thiophene rings is 1. The highest BCUT2D eigenvalue weighted by atomic mass is 32.1. The standard InChI is InChI=1S/C15H23NO4S/c1-5-15(12(17)18,9-11-7-6-8-21-11)10-16-13(19)20-14(2,3)4/h6-8H,5,9-10H2,1-4H3,(H,16,19)(H,17,18). The van der Waals surface area contributed by atoms with E-state index < -0.39 is 23.1 Å². The Hall–Kier alpha value is -1.56. The van der Waals surface area contributed by atoms with Crippen molar-refractivity contribution in [3.05, 3.63) is 22.4 Å². The maximum Gasteiger partial charge on any atom is 0.407 e. The van der Waals surface area contributed by atoms with Gasteiger partial charge in [-0.1, -0.05) is 13.0 Å². The van der Waals surface area contributed by atoms with Crippen molar-refractivity contribution < 1.29 is 19.4 Å². The Morgan fingerprint density at radius 1 is 1.38 bits per heavy atom. The van der Waals surface area contributed by atoms with Gasteiger partial charge in [0.15, 0.2) is 0 Å². The molecule has 1 heterocycles. The van der Waals surface area contributed by atoms with Crippen LogP contribution in [0.4, 0.5) is 4.79 Å². The summed E-state index contributed by atoms with van der Waals surface area (Å²) in [7, 11) is 0. The summed E-state index contributed by atoms with van der Waals surface area (Å²) in [5.41, 5.74) is -1.61. The third kappa shape index (κ3) is 5.38. The van der Waals surface area contributed by atoms with E-state index in [1.165, 1.54) is 11.3 Å². The topological polar surface area (TPSA) is 75.6 Å². The number of hydrogen-bond acceptors (Lipinski definition) is 4. The van der Waals surface area contributed by atoms with Gasteiger partial charge in [-0.05, 0) is 45.1 Å². The molecule has 0 spiro atoms. The Balaban J connectivity index is 2.74. The van der Waals surface area contributed by atoms with Gasteiger partial charge in [0.2, 0.25) is 0 Å². The zero-order valence-electron chi connectivity index (χ0n) is 12.9. The zero-order valence-corrected chi connectivity index (χ0v) is 13.8. The first-order chi connectivity index (χ1) is 9.68. The highest BCUT2D eigenvalue weighted by Gasteiger charge is 2.38. The molecule has 2 N–H and O–H groups in total. The van der Waals surface area contributed by atoms with Crippen molar-refractivity contribution in [3.8, 4) is 0 Å². The van der Waals surface area contributed by atoms with E-state index >= 15 is 0 Å². The summed E-state index contributed by atoms with van der Waals surface area (Å²) >= 11 is 1.52. The molecular weight excluding hydrogens is 290 g/mol. The normalized spacial score (nSPS) is 14.3. The molecule has 0 aliphatic heterocycles. The van der Waals surface area contributed by atoms with E-state index in [2.05, 4.69) is 5.32 Å². The van der Waals surface area contributed by atoms with Gasteiger partial charge in [-0.15, -0.1) is 11.3 Å². The van der Waals surface area contributed by atoms with Gasteiger partial charge in [-0.3, -0.25) is 4.79 Å². The number of carbonyl (C=O) groups is 2. The van der Waals surface area contributed by atoms with Crippen LogP contribution in [0, 0.1) is 5.41 Å². The minimum atomic E-state index is -1.01. The Morgan fingerprint density at radius 2 is 2.05 bits per heavy atom. The van der Waals surface area contributed by atoms with Crippen LogP contribution in [-0.2, 0) is 16.0 Å². The van der Waals surface area contributed by atoms with Gasteiger partial charge in [0.25, 0.3) is 0 Å². The first kappa shape index (κ1) is 17.5. The lowest BCUT2D eigenvalue weighted by Gasteiger charge is -2.29. The van der Waals surface area contributed by atoms with Gasteiger partial charge in [-0.25, -0.2) is 4.79 Å². The van der Waals surface area contributed by atoms with Crippen LogP contribution < -0.4 is 5.32 Å². The van der Waals surface area contributed by atoms with Crippen LogP contribution in [-0.4, -0.2) is 29.3 Å². The highest BCUT2D eigenvalue weighted by molar-refractivity contribution is 7.09. The molecule has 0 saturated carbocycles. The molecule has 1 unspecified atom stereocenters. The summed E-state index contributed by atoms with van der Waals surface area (Å²) < 4.78 is 5.15. The number of aliphatic carboxylic acids is 1. The van der Waals surface area contributed by atoms with E-state index in [-0.39, 0.29) is 6.54 Å². The number of hydrogen-bond donors (Lipinski definition) is 2. The summed E-state index contributed by atoms with van der Waals surface area (Å²) in [6, 6.07) is 3.80. The molecule has 1 rings (SSSR count). The smallest absolute Gasteiger partial charge is 0.407 e. The number of carboxylic acid groups (broad SMARTS) is 1. The molecule has 0 radical (unpaired) electrons. The van der Waals surface area contributed by atoms with Crippen LogP contribution in [0.3, 0.4) is 0 Å². The molecule has 1 aromatic rings. The SMILES string of the molecule is CCC(CNC(=O)OC(C)(C)C)(Cc1cccs1)C(=O)O. The van der Waals surface area contributed by atoms with Crippen molar-refractivity contribution >= 4 is 23.4 Å². The van der Waals surface area contributed by atoms with Gasteiger partial charge in [0.05, 0.1) is 5.41 Å². The molecule has 1 aromatic heterocycles. The molecular formula is C15H23NO4S. The van der Waals surface area contributed by atoms with Gasteiger partial charge >= 0.3 is 12.1 Å². The summed E-state index contributed by atoms with van der Waals surface area (Å²) in [5, 5.41) is 14.1. The van der Waals surface area contributed by atoms with Crippen LogP contribution in [0.2, 0.25) is 0 Å². The van der Waals surface area contributed by atoms with Gasteiger partial charge in [0, 0.05) is 11.4 Å². The zero-order chi connectivity index (χ0) is 16.1. The summed E-state index contributed by atoms with van der Waals surface area (Å²) in [6.07, 6.45) is 0.232. The average molecular weight is 313 g/mol. The van der Waals surface area contributed by atoms with Crippen LogP contribution >= 0.6 is 11.3 Å². The second-order valence-corrected chi connectivity index (χ2v) is 7.08. The van der Waals surface area contributed by atoms with E-state index in [1.54, 1.807) is 20.8 Å². The molecule has 0 aliphatic carbocycles. The molecule has 0 aromatic carbocycles. The van der Waals surface area contributed by atoms with Crippen LogP contribution in [0.25, 0.3) is 0 Å². The number of carbonyl (C=O) groups excluding carboxylic acids is 1. The number of nitrogens with one attached hydrogen (secondary N) is 1. The first-order valence-corrected chi connectivity index (χ1v) is 7.79. The monoisotopic (exact) mass is 313 g/mol. The summed E-state index contributed by atoms with van der Waals surface area (Å²) in [4.78, 5) is 24.4. The predicted octanol–water partition coefficient (Wildman–Crippen LogP) is 3.30. The highest BCUT2D eigenvalue weighted by Crippen LogP contribution is 2.29. The summed E-state index contributed by atoms with van der Waals surface area (Å²) in [6.45, 7) is 7.16. The number of rotatable bonds is 6. The van der Waals surface area contributed by atoms with Crippen LogP contribution in [0.1, 0.15) is 39.0 Å². The molecule has 0 aliphatic rings. The van der Waals surface area contributed by atoms with Crippen LogP contribution in [0.15, 0.2) is 17.5 Å². The Kier molecular flexibility index (Phi) is 5.78. The minimum absolute atomic E-state index is 0.0473. The number of alkyl carbamates (subject to hydrolysis) is 1. The number of carboxylic acids is 1. The van der Waals surface area contributed by atoms with Gasteiger partial charge in [-0.2, -0.15) is 0 Å². The molecule has 0 saturated heterocycles. The minimum Gasteiger partial charge on any atom is -0.481 e. The van der Waals surface area contributed by atoms with Crippen molar-refractivity contribution in [1.29, 1.82) is 0 Å². The molecule has 1 atom stereocenters. The lowest BCUT2D eigenvalue weighted by atomic mass is 9.81. The lowest BCUT2D eigenvalue weighted by molar-refractivity contribution is -0.148.